The fraction of sp³-hybridized carbons (Fsp3) is 0. The van der Waals surface area contributed by atoms with Crippen molar-refractivity contribution in [3.05, 3.63) is 0 Å². The molecule has 0 bridgehead atoms. The van der Waals surface area contributed by atoms with E-state index in [1.54, 1.807) is 0 Å². The molecule has 0 saturated carbocycles. The molecule has 20 N–H and O–H groups in total. The van der Waals surface area contributed by atoms with E-state index in [0.717, 1.165) is 0 Å². The smallest absolute Gasteiger partial charge is 0.412 e. The highest BCUT2D eigenvalue weighted by molar-refractivity contribution is 0.833. The number of rotatable bonds is 0. The standard InChI is InChI=1S/10H2O/h10*1H2. The predicted octanol–water partition coefficient (Wildman–Crippen LogP) is -8.25. The van der Waals surface area contributed by atoms with Crippen molar-refractivity contribution in [3.63, 3.8) is 0 Å². The molecule has 0 aromatic carbocycles. The molecule has 0 aromatic rings. The van der Waals surface area contributed by atoms with Crippen LogP contribution in [0.15, 0.2) is 0 Å². The van der Waals surface area contributed by atoms with Gasteiger partial charge in [0, 0.05) is 0 Å². The minimum absolute atomic E-state index is 0. The molecule has 0 aromatic heterocycles. The van der Waals surface area contributed by atoms with Gasteiger partial charge in [-0.25, -0.2) is 0 Å². The first-order valence-electron chi connectivity index (χ1n) is 0. The van der Waals surface area contributed by atoms with E-state index in [-0.39, 0.29) is 54.8 Å². The molecule has 0 unspecified atom stereocenters. The summed E-state index contributed by atoms with van der Waals surface area (Å²) in [7, 11) is 0. The van der Waals surface area contributed by atoms with Crippen LogP contribution in [0, 0.1) is 0 Å². The third kappa shape index (κ3) is 2070. The molecule has 0 aliphatic rings. The summed E-state index contributed by atoms with van der Waals surface area (Å²) in [5.74, 6) is 0. The zero-order valence-corrected chi connectivity index (χ0v) is 5.00. The van der Waals surface area contributed by atoms with Crippen LogP contribution in [0.4, 0.5) is 0 Å². The largest absolute Gasteiger partial charge is 0.412 e. The molecule has 0 fully saturated rings. The summed E-state index contributed by atoms with van der Waals surface area (Å²) in [4.78, 5) is 0. The highest BCUT2D eigenvalue weighted by atomic mass is 16.0. The Labute approximate surface area is 56.2 Å². The molecular formula is H20O10. The maximum Gasteiger partial charge on any atom is -0.412 e. The van der Waals surface area contributed by atoms with Crippen molar-refractivity contribution >= 4 is 0 Å². The fourth-order valence-electron chi connectivity index (χ4n) is 0. The fourth-order valence-corrected chi connectivity index (χ4v) is 0. The van der Waals surface area contributed by atoms with Crippen molar-refractivity contribution in [1.29, 1.82) is 0 Å². The molecule has 0 atom stereocenters. The summed E-state index contributed by atoms with van der Waals surface area (Å²) >= 11 is 0. The molecule has 0 aliphatic heterocycles. The van der Waals surface area contributed by atoms with Crippen LogP contribution in [0.1, 0.15) is 0 Å². The highest BCUT2D eigenvalue weighted by Gasteiger charge is -0.403. The van der Waals surface area contributed by atoms with Crippen LogP contribution in [0.3, 0.4) is 0 Å². The number of hydrogen-bond donors (Lipinski definition) is 0. The van der Waals surface area contributed by atoms with Gasteiger partial charge in [0.05, 0.1) is 0 Å². The molecule has 80 valence electrons. The van der Waals surface area contributed by atoms with Crippen molar-refractivity contribution < 1.29 is 54.8 Å². The first kappa shape index (κ1) is 4440. The van der Waals surface area contributed by atoms with Gasteiger partial charge >= 0.3 is 0 Å². The van der Waals surface area contributed by atoms with Gasteiger partial charge in [-0.2, -0.15) is 0 Å². The predicted molar refractivity (Wildman–Crippen MR) is 36.1 cm³/mol. The van der Waals surface area contributed by atoms with Gasteiger partial charge in [-0.15, -0.1) is 0 Å². The lowest BCUT2D eigenvalue weighted by atomic mass is 16.0. The van der Waals surface area contributed by atoms with E-state index < -0.39 is 0 Å². The molecule has 0 aliphatic carbocycles. The van der Waals surface area contributed by atoms with E-state index in [1.807, 2.05) is 0 Å². The van der Waals surface area contributed by atoms with Crippen molar-refractivity contribution in [2.75, 3.05) is 0 Å². The second-order valence-electron chi connectivity index (χ2n) is 0. The van der Waals surface area contributed by atoms with E-state index in [4.69, 9.17) is 0 Å². The lowest BCUT2D eigenvalue weighted by Gasteiger charge is -0.413. The van der Waals surface area contributed by atoms with E-state index in [0.29, 0.717) is 0 Å². The van der Waals surface area contributed by atoms with Gasteiger partial charge in [-0.05, 0) is 0 Å². The van der Waals surface area contributed by atoms with Crippen LogP contribution in [-0.4, -0.2) is 54.8 Å². The Kier molecular flexibility index (Phi) is 1380000. The van der Waals surface area contributed by atoms with Crippen LogP contribution >= 0.6 is 0 Å². The van der Waals surface area contributed by atoms with Gasteiger partial charge in [0.15, 0.2) is 0 Å². The van der Waals surface area contributed by atoms with Gasteiger partial charge in [-0.1, -0.05) is 0 Å². The minimum atomic E-state index is 0. The SMILES string of the molecule is O.O.O.O.O.O.O.O.O.O. The van der Waals surface area contributed by atoms with E-state index in [9.17, 15) is 0 Å². The maximum atomic E-state index is 0. The molecular weight excluding hydrogens is 160 g/mol. The first-order valence-corrected chi connectivity index (χ1v) is 0. The van der Waals surface area contributed by atoms with Crippen LogP contribution in [-0.2, 0) is 0 Å². The van der Waals surface area contributed by atoms with Gasteiger partial charge < -0.3 is 54.8 Å². The lowest BCUT2D eigenvalue weighted by molar-refractivity contribution is 0.823. The Hall–Kier alpha value is -0.400. The molecule has 0 saturated heterocycles. The van der Waals surface area contributed by atoms with Crippen LogP contribution < -0.4 is 0 Å². The summed E-state index contributed by atoms with van der Waals surface area (Å²) < 4.78 is 0. The van der Waals surface area contributed by atoms with Crippen molar-refractivity contribution in [3.8, 4) is 0 Å². The van der Waals surface area contributed by atoms with Gasteiger partial charge in [0.2, 0.25) is 0 Å². The number of hydrogen-bond acceptors (Lipinski definition) is 0. The monoisotopic (exact) mass is 180 g/mol. The van der Waals surface area contributed by atoms with Crippen molar-refractivity contribution in [2.45, 2.75) is 0 Å². The van der Waals surface area contributed by atoms with E-state index >= 15 is 0 Å². The summed E-state index contributed by atoms with van der Waals surface area (Å²) in [5, 5.41) is 0. The zero-order chi connectivity index (χ0) is 0. The third-order valence-electron chi connectivity index (χ3n) is 0. The molecule has 0 radical (unpaired) electrons. The molecule has 0 spiro atoms. The van der Waals surface area contributed by atoms with Crippen molar-refractivity contribution in [1.82, 2.24) is 0 Å². The quantitative estimate of drug-likeness (QED) is 0.334. The van der Waals surface area contributed by atoms with Gasteiger partial charge in [0.25, 0.3) is 0 Å². The van der Waals surface area contributed by atoms with Gasteiger partial charge in [-0.3, -0.25) is 0 Å². The second kappa shape index (κ2) is 3100. The topological polar surface area (TPSA) is 315 Å². The molecule has 10 nitrogen and oxygen atoms in total. The summed E-state index contributed by atoms with van der Waals surface area (Å²) in [6, 6.07) is 0. The zero-order valence-electron chi connectivity index (χ0n) is 5.00. The summed E-state index contributed by atoms with van der Waals surface area (Å²) in [5.41, 5.74) is 0. The highest BCUT2D eigenvalue weighted by Crippen LogP contribution is -0.280. The Morgan fingerprint density at radius 2 is 0.100 bits per heavy atom. The third-order valence-corrected chi connectivity index (χ3v) is 0. The Morgan fingerprint density at radius 3 is 0.100 bits per heavy atom. The lowest BCUT2D eigenvalue weighted by Crippen LogP contribution is -0.290. The normalized spacial score (nSPS) is 0. The summed E-state index contributed by atoms with van der Waals surface area (Å²) in [6.07, 6.45) is 0. The Balaban J connectivity index is 0. The minimum Gasteiger partial charge on any atom is -0.412 e. The van der Waals surface area contributed by atoms with Gasteiger partial charge in [0.1, 0.15) is 0 Å². The van der Waals surface area contributed by atoms with Crippen LogP contribution in [0.5, 0.6) is 0 Å². The van der Waals surface area contributed by atoms with Crippen molar-refractivity contribution in [2.24, 2.45) is 0 Å². The molecule has 0 heterocycles. The van der Waals surface area contributed by atoms with E-state index in [2.05, 4.69) is 0 Å². The molecule has 0 rings (SSSR count). The van der Waals surface area contributed by atoms with Crippen LogP contribution in [0.25, 0.3) is 0 Å². The first-order chi connectivity index (χ1) is 0. The average molecular weight is 180 g/mol. The second-order valence-corrected chi connectivity index (χ2v) is 0. The Bertz CT molecular complexity index is 0. The van der Waals surface area contributed by atoms with Crippen LogP contribution in [0.2, 0.25) is 0 Å². The molecule has 10 heteroatoms. The maximum absolute atomic E-state index is 0. The molecule has 0 amide bonds. The van der Waals surface area contributed by atoms with E-state index in [1.165, 1.54) is 0 Å². The molecule has 10 heavy (non-hydrogen) atoms. The summed E-state index contributed by atoms with van der Waals surface area (Å²) in [6.45, 7) is 0. The Morgan fingerprint density at radius 1 is 0.100 bits per heavy atom. The average Bonchev–Trinajstić information content (AvgIpc) is 0.